The summed E-state index contributed by atoms with van der Waals surface area (Å²) in [5.41, 5.74) is -0.730. The molecule has 0 saturated heterocycles. The van der Waals surface area contributed by atoms with Crippen molar-refractivity contribution in [3.63, 3.8) is 0 Å². The fraction of sp³-hybridized carbons (Fsp3) is 0.722. The van der Waals surface area contributed by atoms with Gasteiger partial charge in [-0.15, -0.1) is 0 Å². The summed E-state index contributed by atoms with van der Waals surface area (Å²) < 4.78 is 1.90. The summed E-state index contributed by atoms with van der Waals surface area (Å²) in [6.45, 7) is 13.3. The van der Waals surface area contributed by atoms with Crippen LogP contribution in [0.1, 0.15) is 61.3 Å². The van der Waals surface area contributed by atoms with E-state index in [1.165, 1.54) is 0 Å². The van der Waals surface area contributed by atoms with Crippen molar-refractivity contribution in [1.29, 1.82) is 0 Å². The van der Waals surface area contributed by atoms with Crippen LogP contribution in [0.3, 0.4) is 0 Å². The lowest BCUT2D eigenvalue weighted by Gasteiger charge is -2.27. The predicted molar refractivity (Wildman–Crippen MR) is 98.2 cm³/mol. The first-order valence-corrected chi connectivity index (χ1v) is 8.70. The molecule has 0 radical (unpaired) electrons. The number of aliphatic hydroxyl groups is 1. The van der Waals surface area contributed by atoms with Gasteiger partial charge in [-0.25, -0.2) is 4.98 Å². The third kappa shape index (κ3) is 6.16. The summed E-state index contributed by atoms with van der Waals surface area (Å²) in [7, 11) is 0. The van der Waals surface area contributed by atoms with Crippen molar-refractivity contribution < 1.29 is 14.7 Å². The maximum absolute atomic E-state index is 12.5. The zero-order chi connectivity index (χ0) is 19.4. The van der Waals surface area contributed by atoms with E-state index in [1.807, 2.05) is 32.3 Å². The van der Waals surface area contributed by atoms with E-state index in [-0.39, 0.29) is 11.4 Å². The summed E-state index contributed by atoms with van der Waals surface area (Å²) >= 11 is 0. The second-order valence-corrected chi connectivity index (χ2v) is 8.44. The molecule has 7 heteroatoms. The van der Waals surface area contributed by atoms with Crippen LogP contribution < -0.4 is 10.6 Å². The number of carbonyl (C=O) groups excluding carboxylic acids is 2. The molecule has 0 aliphatic rings. The van der Waals surface area contributed by atoms with E-state index in [0.29, 0.717) is 12.2 Å². The minimum atomic E-state index is -1.18. The van der Waals surface area contributed by atoms with Gasteiger partial charge in [0.15, 0.2) is 5.82 Å². The molecule has 1 heterocycles. The monoisotopic (exact) mass is 352 g/mol. The molecular weight excluding hydrogens is 320 g/mol. The number of imidazole rings is 1. The highest BCUT2D eigenvalue weighted by atomic mass is 16.3. The van der Waals surface area contributed by atoms with E-state index in [9.17, 15) is 14.7 Å². The van der Waals surface area contributed by atoms with Crippen LogP contribution in [0, 0.1) is 5.41 Å². The number of nitrogens with zero attached hydrogens (tertiary/aromatic N) is 2. The van der Waals surface area contributed by atoms with Crippen molar-refractivity contribution >= 4 is 17.6 Å². The largest absolute Gasteiger partial charge is 0.383 e. The molecule has 0 saturated carbocycles. The van der Waals surface area contributed by atoms with E-state index in [0.717, 1.165) is 6.42 Å². The molecule has 2 atom stereocenters. The minimum Gasteiger partial charge on any atom is -0.383 e. The normalized spacial score (nSPS) is 14.7. The lowest BCUT2D eigenvalue weighted by Crippen LogP contribution is -2.50. The summed E-state index contributed by atoms with van der Waals surface area (Å²) in [5.74, 6) is -0.441. The topological polar surface area (TPSA) is 96.3 Å². The second kappa shape index (κ2) is 7.99. The van der Waals surface area contributed by atoms with Crippen LogP contribution in [0.15, 0.2) is 12.5 Å². The fourth-order valence-corrected chi connectivity index (χ4v) is 2.17. The SMILES string of the molecule is CCCC(NC(=O)C(O)C(C)(C)C)C(=O)Nc1cn(C(C)(C)C)cn1. The molecule has 25 heavy (non-hydrogen) atoms. The Morgan fingerprint density at radius 3 is 2.24 bits per heavy atom. The number of aliphatic hydroxyl groups excluding tert-OH is 1. The smallest absolute Gasteiger partial charge is 0.250 e. The van der Waals surface area contributed by atoms with Gasteiger partial charge >= 0.3 is 0 Å². The number of amides is 2. The van der Waals surface area contributed by atoms with Gasteiger partial charge < -0.3 is 20.3 Å². The van der Waals surface area contributed by atoms with E-state index >= 15 is 0 Å². The second-order valence-electron chi connectivity index (χ2n) is 8.44. The average Bonchev–Trinajstić information content (AvgIpc) is 2.93. The molecule has 0 spiro atoms. The first kappa shape index (κ1) is 21.2. The van der Waals surface area contributed by atoms with Crippen LogP contribution in [0.25, 0.3) is 0 Å². The van der Waals surface area contributed by atoms with Crippen LogP contribution in [0.5, 0.6) is 0 Å². The van der Waals surface area contributed by atoms with Crippen LogP contribution >= 0.6 is 0 Å². The van der Waals surface area contributed by atoms with Gasteiger partial charge in [-0.2, -0.15) is 0 Å². The number of nitrogens with one attached hydrogen (secondary N) is 2. The summed E-state index contributed by atoms with van der Waals surface area (Å²) in [6.07, 6.45) is 3.44. The van der Waals surface area contributed by atoms with E-state index in [1.54, 1.807) is 33.3 Å². The average molecular weight is 352 g/mol. The van der Waals surface area contributed by atoms with Crippen molar-refractivity contribution in [3.8, 4) is 0 Å². The highest BCUT2D eigenvalue weighted by molar-refractivity contribution is 5.97. The van der Waals surface area contributed by atoms with E-state index in [4.69, 9.17) is 0 Å². The number of hydrogen-bond donors (Lipinski definition) is 3. The zero-order valence-corrected chi connectivity index (χ0v) is 16.4. The van der Waals surface area contributed by atoms with Gasteiger partial charge in [-0.3, -0.25) is 9.59 Å². The van der Waals surface area contributed by atoms with Gasteiger partial charge in [0.25, 0.3) is 0 Å². The minimum absolute atomic E-state index is 0.135. The standard InChI is InChI=1S/C18H32N4O3/c1-8-9-12(20-16(25)14(23)17(2,3)4)15(24)21-13-10-22(11-19-13)18(5,6)7/h10-12,14,23H,8-9H2,1-7H3,(H,20,25)(H,21,24). The molecular formula is C18H32N4O3. The van der Waals surface area contributed by atoms with Gasteiger partial charge in [-0.05, 0) is 32.6 Å². The third-order valence-corrected chi connectivity index (χ3v) is 3.89. The van der Waals surface area contributed by atoms with Crippen LogP contribution in [-0.4, -0.2) is 38.6 Å². The molecule has 0 aromatic carbocycles. The quantitative estimate of drug-likeness (QED) is 0.732. The Kier molecular flexibility index (Phi) is 6.76. The summed E-state index contributed by atoms with van der Waals surface area (Å²) in [5, 5.41) is 15.5. The van der Waals surface area contributed by atoms with Crippen molar-refractivity contribution in [2.24, 2.45) is 5.41 Å². The Morgan fingerprint density at radius 2 is 1.80 bits per heavy atom. The summed E-state index contributed by atoms with van der Waals surface area (Å²) in [6, 6.07) is -0.714. The Bertz CT molecular complexity index is 596. The molecule has 142 valence electrons. The Labute approximate surface area is 150 Å². The Hall–Kier alpha value is -1.89. The van der Waals surface area contributed by atoms with Crippen LogP contribution in [-0.2, 0) is 15.1 Å². The number of hydrogen-bond acceptors (Lipinski definition) is 4. The maximum Gasteiger partial charge on any atom is 0.250 e. The van der Waals surface area contributed by atoms with E-state index < -0.39 is 23.5 Å². The van der Waals surface area contributed by atoms with Crippen molar-refractivity contribution in [3.05, 3.63) is 12.5 Å². The molecule has 2 amide bonds. The molecule has 3 N–H and O–H groups in total. The molecule has 0 aliphatic heterocycles. The van der Waals surface area contributed by atoms with Gasteiger partial charge in [0.1, 0.15) is 12.1 Å². The predicted octanol–water partition coefficient (Wildman–Crippen LogP) is 2.27. The van der Waals surface area contributed by atoms with Gasteiger partial charge in [0.05, 0.1) is 6.33 Å². The molecule has 0 fully saturated rings. The molecule has 2 unspecified atom stereocenters. The molecule has 0 bridgehead atoms. The summed E-state index contributed by atoms with van der Waals surface area (Å²) in [4.78, 5) is 28.9. The highest BCUT2D eigenvalue weighted by Crippen LogP contribution is 2.20. The van der Waals surface area contributed by atoms with Gasteiger partial charge in [0.2, 0.25) is 11.8 Å². The number of anilines is 1. The Morgan fingerprint density at radius 1 is 1.20 bits per heavy atom. The van der Waals surface area contributed by atoms with Crippen LogP contribution in [0.2, 0.25) is 0 Å². The van der Waals surface area contributed by atoms with Gasteiger partial charge in [-0.1, -0.05) is 34.1 Å². The van der Waals surface area contributed by atoms with Crippen LogP contribution in [0.4, 0.5) is 5.82 Å². The molecule has 7 nitrogen and oxygen atoms in total. The van der Waals surface area contributed by atoms with E-state index in [2.05, 4.69) is 15.6 Å². The maximum atomic E-state index is 12.5. The highest BCUT2D eigenvalue weighted by Gasteiger charge is 2.31. The molecule has 0 aliphatic carbocycles. The molecule has 1 aromatic rings. The van der Waals surface area contributed by atoms with Crippen molar-refractivity contribution in [2.45, 2.75) is 79.0 Å². The first-order valence-electron chi connectivity index (χ1n) is 8.70. The zero-order valence-electron chi connectivity index (χ0n) is 16.4. The lowest BCUT2D eigenvalue weighted by molar-refractivity contribution is -0.137. The van der Waals surface area contributed by atoms with Gasteiger partial charge in [0, 0.05) is 11.7 Å². The number of carbonyl (C=O) groups is 2. The molecule has 1 rings (SSSR count). The fourth-order valence-electron chi connectivity index (χ4n) is 2.17. The van der Waals surface area contributed by atoms with Crippen molar-refractivity contribution in [1.82, 2.24) is 14.9 Å². The molecule has 1 aromatic heterocycles. The first-order chi connectivity index (χ1) is 11.4. The van der Waals surface area contributed by atoms with Crippen molar-refractivity contribution in [2.75, 3.05) is 5.32 Å². The third-order valence-electron chi connectivity index (χ3n) is 3.89. The number of aromatic nitrogens is 2. The Balaban J connectivity index is 2.80. The lowest BCUT2D eigenvalue weighted by atomic mass is 9.88. The number of rotatable bonds is 6.